The summed E-state index contributed by atoms with van der Waals surface area (Å²) in [6.45, 7) is 0. The number of methoxy groups -OCH3 is 1. The van der Waals surface area contributed by atoms with Crippen molar-refractivity contribution in [3.63, 3.8) is 0 Å². The maximum Gasteiger partial charge on any atom is 0.123 e. The van der Waals surface area contributed by atoms with Crippen molar-refractivity contribution in [3.05, 3.63) is 53.1 Å². The van der Waals surface area contributed by atoms with Gasteiger partial charge in [0.15, 0.2) is 0 Å². The van der Waals surface area contributed by atoms with Gasteiger partial charge in [0.25, 0.3) is 0 Å². The first-order valence-corrected chi connectivity index (χ1v) is 7.29. The molecule has 2 aromatic rings. The fourth-order valence-corrected chi connectivity index (χ4v) is 3.14. The Labute approximate surface area is 116 Å². The molecule has 3 rings (SSSR count). The van der Waals surface area contributed by atoms with E-state index in [2.05, 4.69) is 52.3 Å². The number of hydrogen-bond acceptors (Lipinski definition) is 1. The standard InChI is InChI=1S/C16H15BrO/c1-18-16-9-15-12(8-13(16)10-17)7-6-11-4-2-3-5-14(11)15/h2-5,8-9H,6-7,10H2,1H3. The summed E-state index contributed by atoms with van der Waals surface area (Å²) in [6, 6.07) is 13.1. The van der Waals surface area contributed by atoms with E-state index in [1.54, 1.807) is 7.11 Å². The Kier molecular flexibility index (Phi) is 3.13. The Morgan fingerprint density at radius 1 is 1.06 bits per heavy atom. The number of hydrogen-bond donors (Lipinski definition) is 0. The third kappa shape index (κ3) is 1.85. The zero-order valence-corrected chi connectivity index (χ0v) is 12.0. The molecule has 1 nitrogen and oxygen atoms in total. The predicted octanol–water partition coefficient (Wildman–Crippen LogP) is 4.36. The first-order chi connectivity index (χ1) is 8.83. The largest absolute Gasteiger partial charge is 0.496 e. The molecule has 0 saturated carbocycles. The average molecular weight is 303 g/mol. The molecule has 0 amide bonds. The first kappa shape index (κ1) is 11.8. The van der Waals surface area contributed by atoms with Gasteiger partial charge in [0.1, 0.15) is 5.75 Å². The van der Waals surface area contributed by atoms with E-state index in [0.717, 1.165) is 23.9 Å². The van der Waals surface area contributed by atoms with E-state index < -0.39 is 0 Å². The fraction of sp³-hybridized carbons (Fsp3) is 0.250. The molecule has 0 spiro atoms. The Hall–Kier alpha value is -1.28. The van der Waals surface area contributed by atoms with Gasteiger partial charge in [0.05, 0.1) is 7.11 Å². The molecule has 0 bridgehead atoms. The van der Waals surface area contributed by atoms with E-state index >= 15 is 0 Å². The van der Waals surface area contributed by atoms with Gasteiger partial charge in [-0.2, -0.15) is 0 Å². The van der Waals surface area contributed by atoms with Gasteiger partial charge in [0, 0.05) is 10.9 Å². The van der Waals surface area contributed by atoms with Crippen molar-refractivity contribution in [1.29, 1.82) is 0 Å². The van der Waals surface area contributed by atoms with Crippen molar-refractivity contribution in [1.82, 2.24) is 0 Å². The van der Waals surface area contributed by atoms with Gasteiger partial charge in [-0.1, -0.05) is 46.3 Å². The SMILES string of the molecule is COc1cc2c(cc1CBr)CCc1ccccc1-2. The fourth-order valence-electron chi connectivity index (χ4n) is 2.70. The molecule has 0 radical (unpaired) electrons. The maximum atomic E-state index is 5.49. The maximum absolute atomic E-state index is 5.49. The van der Waals surface area contributed by atoms with Crippen molar-refractivity contribution in [2.75, 3.05) is 7.11 Å². The molecule has 0 heterocycles. The van der Waals surface area contributed by atoms with E-state index in [1.165, 1.54) is 27.8 Å². The van der Waals surface area contributed by atoms with Crippen LogP contribution in [0, 0.1) is 0 Å². The van der Waals surface area contributed by atoms with Crippen LogP contribution in [0.25, 0.3) is 11.1 Å². The molecule has 0 aromatic heterocycles. The number of benzene rings is 2. The van der Waals surface area contributed by atoms with Crippen LogP contribution < -0.4 is 4.74 Å². The average Bonchev–Trinajstić information content (AvgIpc) is 2.45. The number of halogens is 1. The summed E-state index contributed by atoms with van der Waals surface area (Å²) in [7, 11) is 1.74. The second-order valence-electron chi connectivity index (χ2n) is 4.61. The van der Waals surface area contributed by atoms with Gasteiger partial charge in [0.2, 0.25) is 0 Å². The summed E-state index contributed by atoms with van der Waals surface area (Å²) in [4.78, 5) is 0. The second kappa shape index (κ2) is 4.77. The lowest BCUT2D eigenvalue weighted by atomic mass is 9.85. The molecule has 2 aromatic carbocycles. The monoisotopic (exact) mass is 302 g/mol. The molecule has 1 aliphatic rings. The van der Waals surface area contributed by atoms with Gasteiger partial charge in [-0.3, -0.25) is 0 Å². The zero-order chi connectivity index (χ0) is 12.5. The first-order valence-electron chi connectivity index (χ1n) is 6.17. The Balaban J connectivity index is 2.21. The van der Waals surface area contributed by atoms with E-state index in [0.29, 0.717) is 0 Å². The van der Waals surface area contributed by atoms with Crippen LogP contribution >= 0.6 is 15.9 Å². The highest BCUT2D eigenvalue weighted by molar-refractivity contribution is 9.08. The van der Waals surface area contributed by atoms with Crippen molar-refractivity contribution in [2.45, 2.75) is 18.2 Å². The third-order valence-electron chi connectivity index (χ3n) is 3.62. The highest BCUT2D eigenvalue weighted by atomic mass is 79.9. The summed E-state index contributed by atoms with van der Waals surface area (Å²) in [5, 5.41) is 0.838. The normalized spacial score (nSPS) is 12.8. The molecule has 0 fully saturated rings. The summed E-state index contributed by atoms with van der Waals surface area (Å²) < 4.78 is 5.49. The van der Waals surface area contributed by atoms with Gasteiger partial charge < -0.3 is 4.74 Å². The van der Waals surface area contributed by atoms with Crippen molar-refractivity contribution < 1.29 is 4.74 Å². The third-order valence-corrected chi connectivity index (χ3v) is 4.23. The minimum absolute atomic E-state index is 0.838. The summed E-state index contributed by atoms with van der Waals surface area (Å²) in [5.41, 5.74) is 6.80. The highest BCUT2D eigenvalue weighted by Gasteiger charge is 2.18. The lowest BCUT2D eigenvalue weighted by Crippen LogP contribution is -2.05. The molecule has 2 heteroatoms. The molecule has 0 atom stereocenters. The molecule has 0 aliphatic heterocycles. The lowest BCUT2D eigenvalue weighted by molar-refractivity contribution is 0.411. The van der Waals surface area contributed by atoms with Crippen molar-refractivity contribution in [2.24, 2.45) is 0 Å². The molecule has 92 valence electrons. The number of ether oxygens (including phenoxy) is 1. The van der Waals surface area contributed by atoms with E-state index in [-0.39, 0.29) is 0 Å². The van der Waals surface area contributed by atoms with Crippen LogP contribution in [0.3, 0.4) is 0 Å². The highest BCUT2D eigenvalue weighted by Crippen LogP contribution is 2.37. The molecule has 18 heavy (non-hydrogen) atoms. The van der Waals surface area contributed by atoms with E-state index in [1.807, 2.05) is 0 Å². The number of rotatable bonds is 2. The number of fused-ring (bicyclic) bond motifs is 3. The number of aryl methyl sites for hydroxylation is 2. The molecule has 0 saturated heterocycles. The lowest BCUT2D eigenvalue weighted by Gasteiger charge is -2.21. The molecular weight excluding hydrogens is 288 g/mol. The van der Waals surface area contributed by atoms with Crippen LogP contribution in [0.4, 0.5) is 0 Å². The van der Waals surface area contributed by atoms with Crippen LogP contribution in [0.5, 0.6) is 5.75 Å². The van der Waals surface area contributed by atoms with E-state index in [9.17, 15) is 0 Å². The summed E-state index contributed by atoms with van der Waals surface area (Å²) in [5.74, 6) is 0.974. The summed E-state index contributed by atoms with van der Waals surface area (Å²) in [6.07, 6.45) is 2.26. The Morgan fingerprint density at radius 3 is 2.61 bits per heavy atom. The Morgan fingerprint density at radius 2 is 1.83 bits per heavy atom. The van der Waals surface area contributed by atoms with Gasteiger partial charge in [-0.15, -0.1) is 0 Å². The zero-order valence-electron chi connectivity index (χ0n) is 10.4. The second-order valence-corrected chi connectivity index (χ2v) is 5.17. The molecule has 0 N–H and O–H groups in total. The van der Waals surface area contributed by atoms with Crippen molar-refractivity contribution in [3.8, 4) is 16.9 Å². The van der Waals surface area contributed by atoms with Crippen LogP contribution in [0.15, 0.2) is 36.4 Å². The molecule has 0 unspecified atom stereocenters. The van der Waals surface area contributed by atoms with Crippen LogP contribution in [-0.2, 0) is 18.2 Å². The van der Waals surface area contributed by atoms with Crippen LogP contribution in [0.1, 0.15) is 16.7 Å². The predicted molar refractivity (Wildman–Crippen MR) is 78.5 cm³/mol. The molecular formula is C16H15BrO. The smallest absolute Gasteiger partial charge is 0.123 e. The van der Waals surface area contributed by atoms with Crippen molar-refractivity contribution >= 4 is 15.9 Å². The topological polar surface area (TPSA) is 9.23 Å². The quantitative estimate of drug-likeness (QED) is 0.749. The minimum atomic E-state index is 0.838. The van der Waals surface area contributed by atoms with Gasteiger partial charge in [-0.25, -0.2) is 0 Å². The van der Waals surface area contributed by atoms with Crippen LogP contribution in [0.2, 0.25) is 0 Å². The summed E-state index contributed by atoms with van der Waals surface area (Å²) >= 11 is 3.53. The minimum Gasteiger partial charge on any atom is -0.496 e. The van der Waals surface area contributed by atoms with E-state index in [4.69, 9.17) is 4.74 Å². The van der Waals surface area contributed by atoms with Gasteiger partial charge >= 0.3 is 0 Å². The Bertz CT molecular complexity index is 590. The van der Waals surface area contributed by atoms with Gasteiger partial charge in [-0.05, 0) is 41.2 Å². The number of alkyl halides is 1. The molecule has 1 aliphatic carbocycles. The van der Waals surface area contributed by atoms with Crippen LogP contribution in [-0.4, -0.2) is 7.11 Å².